The van der Waals surface area contributed by atoms with Crippen molar-refractivity contribution in [3.05, 3.63) is 21.8 Å². The topological polar surface area (TPSA) is 68.0 Å². The van der Waals surface area contributed by atoms with E-state index in [1.165, 1.54) is 0 Å². The molecule has 15 heavy (non-hydrogen) atoms. The second kappa shape index (κ2) is 5.32. The van der Waals surface area contributed by atoms with Crippen molar-refractivity contribution < 1.29 is 4.79 Å². The monoisotopic (exact) mass is 291 g/mol. The predicted octanol–water partition coefficient (Wildman–Crippen LogP) is 2.17. The molecule has 0 aliphatic heterocycles. The standard InChI is InChI=1S/C9H11BrClN3O/c1-5(2-8(12)15)14-9-7(11)3-6(10)4-13-9/h3-5H,2H2,1H3,(H2,12,15)(H,13,14). The van der Waals surface area contributed by atoms with E-state index in [0.29, 0.717) is 10.8 Å². The average Bonchev–Trinajstić information content (AvgIpc) is 2.08. The van der Waals surface area contributed by atoms with Gasteiger partial charge in [0.25, 0.3) is 0 Å². The van der Waals surface area contributed by atoms with Gasteiger partial charge in [-0.1, -0.05) is 11.6 Å². The van der Waals surface area contributed by atoms with E-state index in [1.807, 2.05) is 6.92 Å². The fourth-order valence-corrected chi connectivity index (χ4v) is 1.79. The molecule has 82 valence electrons. The maximum Gasteiger partial charge on any atom is 0.219 e. The van der Waals surface area contributed by atoms with E-state index in [9.17, 15) is 4.79 Å². The van der Waals surface area contributed by atoms with Crippen molar-refractivity contribution in [2.24, 2.45) is 5.73 Å². The molecule has 0 bridgehead atoms. The van der Waals surface area contributed by atoms with E-state index in [2.05, 4.69) is 26.2 Å². The van der Waals surface area contributed by atoms with Crippen molar-refractivity contribution >= 4 is 39.3 Å². The maximum absolute atomic E-state index is 10.7. The van der Waals surface area contributed by atoms with Crippen LogP contribution >= 0.6 is 27.5 Å². The van der Waals surface area contributed by atoms with E-state index in [-0.39, 0.29) is 18.4 Å². The van der Waals surface area contributed by atoms with Crippen molar-refractivity contribution in [2.75, 3.05) is 5.32 Å². The Labute approximate surface area is 101 Å². The van der Waals surface area contributed by atoms with Gasteiger partial charge in [-0.15, -0.1) is 0 Å². The number of nitrogens with one attached hydrogen (secondary N) is 1. The highest BCUT2D eigenvalue weighted by atomic mass is 79.9. The minimum Gasteiger partial charge on any atom is -0.370 e. The molecule has 0 aromatic carbocycles. The minimum absolute atomic E-state index is 0.0892. The molecule has 1 heterocycles. The summed E-state index contributed by atoms with van der Waals surface area (Å²) in [6.07, 6.45) is 1.87. The number of primary amides is 1. The van der Waals surface area contributed by atoms with Gasteiger partial charge in [-0.05, 0) is 28.9 Å². The van der Waals surface area contributed by atoms with E-state index >= 15 is 0 Å². The number of hydrogen-bond acceptors (Lipinski definition) is 3. The summed E-state index contributed by atoms with van der Waals surface area (Å²) in [7, 11) is 0. The van der Waals surface area contributed by atoms with Crippen LogP contribution in [0, 0.1) is 0 Å². The zero-order valence-corrected chi connectivity index (χ0v) is 10.5. The minimum atomic E-state index is -0.358. The highest BCUT2D eigenvalue weighted by Crippen LogP contribution is 2.23. The zero-order chi connectivity index (χ0) is 11.4. The van der Waals surface area contributed by atoms with Crippen LogP contribution in [0.2, 0.25) is 5.02 Å². The van der Waals surface area contributed by atoms with Crippen molar-refractivity contribution in [2.45, 2.75) is 19.4 Å². The Morgan fingerprint density at radius 2 is 2.47 bits per heavy atom. The number of carbonyl (C=O) groups excluding carboxylic acids is 1. The van der Waals surface area contributed by atoms with Gasteiger partial charge in [0.1, 0.15) is 5.82 Å². The van der Waals surface area contributed by atoms with Gasteiger partial charge in [-0.3, -0.25) is 4.79 Å². The Hall–Kier alpha value is -0.810. The van der Waals surface area contributed by atoms with Crippen LogP contribution in [0.25, 0.3) is 0 Å². The first kappa shape index (κ1) is 12.3. The van der Waals surface area contributed by atoms with Crippen LogP contribution in [0.15, 0.2) is 16.7 Å². The Morgan fingerprint density at radius 3 is 3.00 bits per heavy atom. The number of anilines is 1. The molecule has 1 aromatic heterocycles. The molecule has 1 atom stereocenters. The van der Waals surface area contributed by atoms with Gasteiger partial charge in [-0.2, -0.15) is 0 Å². The summed E-state index contributed by atoms with van der Waals surface area (Å²) in [5.74, 6) is 0.192. The van der Waals surface area contributed by atoms with Gasteiger partial charge in [0.05, 0.1) is 5.02 Å². The lowest BCUT2D eigenvalue weighted by molar-refractivity contribution is -0.118. The molecule has 0 saturated heterocycles. The molecule has 0 spiro atoms. The smallest absolute Gasteiger partial charge is 0.219 e. The van der Waals surface area contributed by atoms with E-state index in [0.717, 1.165) is 4.47 Å². The molecule has 0 saturated carbocycles. The van der Waals surface area contributed by atoms with Crippen LogP contribution in [0.1, 0.15) is 13.3 Å². The number of rotatable bonds is 4. The van der Waals surface area contributed by atoms with Gasteiger partial charge in [-0.25, -0.2) is 4.98 Å². The quantitative estimate of drug-likeness (QED) is 0.893. The van der Waals surface area contributed by atoms with Gasteiger partial charge in [0.2, 0.25) is 5.91 Å². The lowest BCUT2D eigenvalue weighted by atomic mass is 10.2. The van der Waals surface area contributed by atoms with Crippen LogP contribution in [0.4, 0.5) is 5.82 Å². The van der Waals surface area contributed by atoms with Crippen LogP contribution in [0.3, 0.4) is 0 Å². The molecule has 0 radical (unpaired) electrons. The second-order valence-electron chi connectivity index (χ2n) is 3.20. The molecule has 0 aliphatic carbocycles. The van der Waals surface area contributed by atoms with Gasteiger partial charge < -0.3 is 11.1 Å². The lowest BCUT2D eigenvalue weighted by Crippen LogP contribution is -2.24. The van der Waals surface area contributed by atoms with Gasteiger partial charge in [0.15, 0.2) is 0 Å². The van der Waals surface area contributed by atoms with Crippen LogP contribution < -0.4 is 11.1 Å². The predicted molar refractivity (Wildman–Crippen MR) is 63.8 cm³/mol. The first-order valence-electron chi connectivity index (χ1n) is 4.35. The fourth-order valence-electron chi connectivity index (χ4n) is 1.11. The van der Waals surface area contributed by atoms with Crippen LogP contribution in [0.5, 0.6) is 0 Å². The SMILES string of the molecule is CC(CC(N)=O)Nc1ncc(Br)cc1Cl. The third kappa shape index (κ3) is 4.05. The molecule has 1 aromatic rings. The molecule has 0 fully saturated rings. The number of pyridine rings is 1. The molecule has 6 heteroatoms. The van der Waals surface area contributed by atoms with Gasteiger partial charge in [0, 0.05) is 23.1 Å². The summed E-state index contributed by atoms with van der Waals surface area (Å²) in [5, 5.41) is 3.50. The first-order chi connectivity index (χ1) is 6.99. The van der Waals surface area contributed by atoms with Crippen LogP contribution in [-0.2, 0) is 4.79 Å². The lowest BCUT2D eigenvalue weighted by Gasteiger charge is -2.13. The Kier molecular flexibility index (Phi) is 4.35. The molecular weight excluding hydrogens is 281 g/mol. The van der Waals surface area contributed by atoms with E-state index < -0.39 is 0 Å². The third-order valence-electron chi connectivity index (χ3n) is 1.70. The Bertz CT molecular complexity index is 372. The maximum atomic E-state index is 10.7. The summed E-state index contributed by atoms with van der Waals surface area (Å²) in [5.41, 5.74) is 5.07. The highest BCUT2D eigenvalue weighted by Gasteiger charge is 2.09. The molecular formula is C9H11BrClN3O. The molecule has 3 N–H and O–H groups in total. The first-order valence-corrected chi connectivity index (χ1v) is 5.52. The number of nitrogens with two attached hydrogens (primary N) is 1. The van der Waals surface area contributed by atoms with E-state index in [1.54, 1.807) is 12.3 Å². The van der Waals surface area contributed by atoms with E-state index in [4.69, 9.17) is 17.3 Å². The number of amides is 1. The summed E-state index contributed by atoms with van der Waals surface area (Å²) in [6, 6.07) is 1.64. The second-order valence-corrected chi connectivity index (χ2v) is 4.52. The van der Waals surface area contributed by atoms with Crippen molar-refractivity contribution in [3.63, 3.8) is 0 Å². The molecule has 1 amide bonds. The highest BCUT2D eigenvalue weighted by molar-refractivity contribution is 9.10. The number of hydrogen-bond donors (Lipinski definition) is 2. The van der Waals surface area contributed by atoms with Crippen LogP contribution in [-0.4, -0.2) is 16.9 Å². The third-order valence-corrected chi connectivity index (χ3v) is 2.42. The Balaban J connectivity index is 2.68. The van der Waals surface area contributed by atoms with Crippen molar-refractivity contribution in [1.82, 2.24) is 4.98 Å². The van der Waals surface area contributed by atoms with Crippen molar-refractivity contribution in [1.29, 1.82) is 0 Å². The number of halogens is 2. The fraction of sp³-hybridized carbons (Fsp3) is 0.333. The Morgan fingerprint density at radius 1 is 1.80 bits per heavy atom. The van der Waals surface area contributed by atoms with Crippen molar-refractivity contribution in [3.8, 4) is 0 Å². The largest absolute Gasteiger partial charge is 0.370 e. The summed E-state index contributed by atoms with van der Waals surface area (Å²) in [6.45, 7) is 1.84. The van der Waals surface area contributed by atoms with Gasteiger partial charge >= 0.3 is 0 Å². The average molecular weight is 293 g/mol. The summed E-state index contributed by atoms with van der Waals surface area (Å²) < 4.78 is 0.806. The molecule has 0 aliphatic rings. The summed E-state index contributed by atoms with van der Waals surface area (Å²) >= 11 is 9.19. The molecule has 1 unspecified atom stereocenters. The number of carbonyl (C=O) groups is 1. The molecule has 1 rings (SSSR count). The zero-order valence-electron chi connectivity index (χ0n) is 8.13. The normalized spacial score (nSPS) is 12.2. The number of nitrogens with zero attached hydrogens (tertiary/aromatic N) is 1. The molecule has 4 nitrogen and oxygen atoms in total. The summed E-state index contributed by atoms with van der Waals surface area (Å²) in [4.78, 5) is 14.7. The number of aromatic nitrogens is 1.